The fraction of sp³-hybridized carbons (Fsp3) is 0.619. The van der Waals surface area contributed by atoms with Crippen LogP contribution in [0.15, 0.2) is 18.2 Å². The summed E-state index contributed by atoms with van der Waals surface area (Å²) < 4.78 is 31.2. The number of hydrogen-bond donors (Lipinski definition) is 2. The van der Waals surface area contributed by atoms with Crippen molar-refractivity contribution in [1.82, 2.24) is 9.21 Å². The van der Waals surface area contributed by atoms with Gasteiger partial charge in [-0.25, -0.2) is 12.7 Å². The number of rotatable bonds is 7. The van der Waals surface area contributed by atoms with Crippen molar-refractivity contribution >= 4 is 27.5 Å². The number of benzene rings is 1. The number of fused-ring (bicyclic) bond motifs is 1. The zero-order valence-electron chi connectivity index (χ0n) is 18.4. The van der Waals surface area contributed by atoms with Crippen LogP contribution in [0.1, 0.15) is 37.0 Å². The van der Waals surface area contributed by atoms with Crippen molar-refractivity contribution in [3.63, 3.8) is 0 Å². The van der Waals surface area contributed by atoms with Crippen molar-refractivity contribution in [3.05, 3.63) is 23.8 Å². The molecule has 0 aromatic heterocycles. The summed E-state index contributed by atoms with van der Waals surface area (Å²) in [4.78, 5) is 27.0. The predicted molar refractivity (Wildman–Crippen MR) is 116 cm³/mol. The minimum Gasteiger partial charge on any atom is -0.488 e. The van der Waals surface area contributed by atoms with Crippen molar-refractivity contribution in [2.75, 3.05) is 38.3 Å². The molecule has 1 aromatic carbocycles. The smallest absolute Gasteiger partial charge is 0.258 e. The molecule has 3 atom stereocenters. The van der Waals surface area contributed by atoms with E-state index in [4.69, 9.17) is 4.74 Å². The number of aliphatic hydroxyl groups excluding tert-OH is 1. The highest BCUT2D eigenvalue weighted by atomic mass is 32.2. The molecule has 1 saturated carbocycles. The van der Waals surface area contributed by atoms with E-state index in [2.05, 4.69) is 5.32 Å². The summed E-state index contributed by atoms with van der Waals surface area (Å²) in [6.07, 6.45) is 2.36. The van der Waals surface area contributed by atoms with Gasteiger partial charge in [0, 0.05) is 31.1 Å². The Bertz CT molecular complexity index is 946. The molecule has 0 radical (unpaired) electrons. The fourth-order valence-electron chi connectivity index (χ4n) is 3.50. The van der Waals surface area contributed by atoms with Gasteiger partial charge in [0.1, 0.15) is 11.9 Å². The zero-order chi connectivity index (χ0) is 22.9. The zero-order valence-corrected chi connectivity index (χ0v) is 19.2. The fourth-order valence-corrected chi connectivity index (χ4v) is 3.91. The lowest BCUT2D eigenvalue weighted by Gasteiger charge is -2.38. The van der Waals surface area contributed by atoms with Crippen molar-refractivity contribution < 1.29 is 27.9 Å². The summed E-state index contributed by atoms with van der Waals surface area (Å²) in [6.45, 7) is 3.85. The molecule has 3 rings (SSSR count). The molecular formula is C21H31N3O6S. The van der Waals surface area contributed by atoms with E-state index in [9.17, 15) is 23.1 Å². The number of sulfonamides is 1. The van der Waals surface area contributed by atoms with Crippen LogP contribution in [0.25, 0.3) is 0 Å². The number of nitrogens with one attached hydrogen (secondary N) is 1. The van der Waals surface area contributed by atoms with E-state index in [0.29, 0.717) is 18.0 Å². The van der Waals surface area contributed by atoms with E-state index in [1.807, 2.05) is 6.92 Å². The molecule has 172 valence electrons. The molecule has 10 heteroatoms. The Labute approximate surface area is 183 Å². The highest BCUT2D eigenvalue weighted by molar-refractivity contribution is 7.88. The van der Waals surface area contributed by atoms with Gasteiger partial charge in [-0.3, -0.25) is 9.59 Å². The Balaban J connectivity index is 1.96. The van der Waals surface area contributed by atoms with Crippen LogP contribution in [-0.4, -0.2) is 79.7 Å². The second kappa shape index (κ2) is 9.13. The lowest BCUT2D eigenvalue weighted by atomic mass is 9.99. The topological polar surface area (TPSA) is 116 Å². The summed E-state index contributed by atoms with van der Waals surface area (Å²) in [7, 11) is -1.92. The molecule has 2 amide bonds. The van der Waals surface area contributed by atoms with Gasteiger partial charge in [0.25, 0.3) is 5.91 Å². The van der Waals surface area contributed by atoms with Crippen LogP contribution < -0.4 is 10.1 Å². The minimum absolute atomic E-state index is 0.0247. The first-order valence-corrected chi connectivity index (χ1v) is 12.3. The monoisotopic (exact) mass is 453 g/mol. The first-order chi connectivity index (χ1) is 14.5. The van der Waals surface area contributed by atoms with Gasteiger partial charge in [-0.2, -0.15) is 0 Å². The van der Waals surface area contributed by atoms with Crippen molar-refractivity contribution in [2.45, 2.75) is 38.8 Å². The van der Waals surface area contributed by atoms with Crippen molar-refractivity contribution in [3.8, 4) is 5.75 Å². The number of amides is 2. The molecule has 1 heterocycles. The van der Waals surface area contributed by atoms with Gasteiger partial charge >= 0.3 is 0 Å². The normalized spacial score (nSPS) is 22.9. The highest BCUT2D eigenvalue weighted by Crippen LogP contribution is 2.33. The maximum absolute atomic E-state index is 13.3. The van der Waals surface area contributed by atoms with Gasteiger partial charge in [0.2, 0.25) is 15.9 Å². The molecule has 0 unspecified atom stereocenters. The molecule has 1 fully saturated rings. The average molecular weight is 454 g/mol. The number of aliphatic hydroxyl groups is 1. The van der Waals surface area contributed by atoms with Gasteiger partial charge in [-0.1, -0.05) is 6.92 Å². The third-order valence-corrected chi connectivity index (χ3v) is 7.17. The van der Waals surface area contributed by atoms with E-state index in [-0.39, 0.29) is 42.4 Å². The van der Waals surface area contributed by atoms with Crippen LogP contribution in [0.4, 0.5) is 5.69 Å². The van der Waals surface area contributed by atoms with E-state index in [0.717, 1.165) is 19.1 Å². The van der Waals surface area contributed by atoms with Crippen LogP contribution in [0.3, 0.4) is 0 Å². The molecule has 0 saturated heterocycles. The van der Waals surface area contributed by atoms with Crippen LogP contribution in [0.5, 0.6) is 5.75 Å². The Morgan fingerprint density at radius 2 is 2.06 bits per heavy atom. The summed E-state index contributed by atoms with van der Waals surface area (Å²) in [5.74, 6) is -0.217. The number of ether oxygens (including phenoxy) is 1. The standard InChI is InChI=1S/C21H31N3O6S/c1-13-10-24(14(2)12-25)21(27)17-9-16(22-20(26)15-5-6-15)7-8-18(17)30-19(13)11-23(3)31(4,28)29/h7-9,13-15,19,25H,5-6,10-12H2,1-4H3,(H,22,26)/t13-,14+,19-/m0/s1. The predicted octanol–water partition coefficient (Wildman–Crippen LogP) is 1.15. The van der Waals surface area contributed by atoms with Gasteiger partial charge in [-0.15, -0.1) is 0 Å². The first kappa shape index (κ1) is 23.5. The molecule has 1 aliphatic heterocycles. The van der Waals surface area contributed by atoms with Crippen LogP contribution in [-0.2, 0) is 14.8 Å². The Morgan fingerprint density at radius 3 is 2.65 bits per heavy atom. The molecule has 0 bridgehead atoms. The average Bonchev–Trinajstić information content (AvgIpc) is 3.55. The number of hydrogen-bond acceptors (Lipinski definition) is 6. The number of anilines is 1. The molecule has 1 aliphatic carbocycles. The van der Waals surface area contributed by atoms with Gasteiger partial charge < -0.3 is 20.1 Å². The van der Waals surface area contributed by atoms with E-state index >= 15 is 0 Å². The van der Waals surface area contributed by atoms with Gasteiger partial charge in [0.05, 0.1) is 31.0 Å². The van der Waals surface area contributed by atoms with Crippen LogP contribution in [0.2, 0.25) is 0 Å². The number of carbonyl (C=O) groups is 2. The third kappa shape index (κ3) is 5.55. The lowest BCUT2D eigenvalue weighted by molar-refractivity contribution is -0.117. The second-order valence-corrected chi connectivity index (χ2v) is 10.7. The number of carbonyl (C=O) groups excluding carboxylic acids is 2. The van der Waals surface area contributed by atoms with E-state index in [1.54, 1.807) is 30.0 Å². The number of nitrogens with zero attached hydrogens (tertiary/aromatic N) is 2. The van der Waals surface area contributed by atoms with Crippen LogP contribution >= 0.6 is 0 Å². The van der Waals surface area contributed by atoms with Gasteiger partial charge in [-0.05, 0) is 38.0 Å². The molecule has 31 heavy (non-hydrogen) atoms. The lowest BCUT2D eigenvalue weighted by Crippen LogP contribution is -2.50. The molecule has 2 aliphatic rings. The number of likely N-dealkylation sites (N-methyl/N-ethyl adjacent to an activating group) is 1. The highest BCUT2D eigenvalue weighted by Gasteiger charge is 2.35. The summed E-state index contributed by atoms with van der Waals surface area (Å²) in [5.41, 5.74) is 0.774. The van der Waals surface area contributed by atoms with Gasteiger partial charge in [0.15, 0.2) is 0 Å². The molecule has 0 spiro atoms. The maximum Gasteiger partial charge on any atom is 0.258 e. The summed E-state index contributed by atoms with van der Waals surface area (Å²) in [5, 5.41) is 12.5. The quantitative estimate of drug-likeness (QED) is 0.640. The Kier molecular flexibility index (Phi) is 6.92. The second-order valence-electron chi connectivity index (χ2n) is 8.64. The largest absolute Gasteiger partial charge is 0.488 e. The Hall–Kier alpha value is -2.17. The van der Waals surface area contributed by atoms with Crippen molar-refractivity contribution in [1.29, 1.82) is 0 Å². The summed E-state index contributed by atoms with van der Waals surface area (Å²) >= 11 is 0. The van der Waals surface area contributed by atoms with E-state index < -0.39 is 22.2 Å². The maximum atomic E-state index is 13.3. The first-order valence-electron chi connectivity index (χ1n) is 10.5. The van der Waals surface area contributed by atoms with E-state index in [1.165, 1.54) is 11.4 Å². The molecule has 1 aromatic rings. The molecule has 9 nitrogen and oxygen atoms in total. The van der Waals surface area contributed by atoms with Crippen molar-refractivity contribution in [2.24, 2.45) is 11.8 Å². The Morgan fingerprint density at radius 1 is 1.39 bits per heavy atom. The third-order valence-electron chi connectivity index (χ3n) is 5.88. The SMILES string of the molecule is C[C@H](CO)N1C[C@H](C)[C@H](CN(C)S(C)(=O)=O)Oc2ccc(NC(=O)C3CC3)cc2C1=O. The van der Waals surface area contributed by atoms with Crippen LogP contribution in [0, 0.1) is 11.8 Å². The molecular weight excluding hydrogens is 422 g/mol. The minimum atomic E-state index is -3.41. The molecule has 2 N–H and O–H groups in total. The summed E-state index contributed by atoms with van der Waals surface area (Å²) in [6, 6.07) is 4.46.